The van der Waals surface area contributed by atoms with Crippen molar-refractivity contribution in [3.63, 3.8) is 0 Å². The molecule has 0 spiro atoms. The maximum Gasteiger partial charge on any atom is 0.0589 e. The molecule has 2 rings (SSSR count). The standard InChI is InChI=1S/C15H31N3O/c1-17-9-5-6-13(11-17)18(2)15(12-16)8-4-7-14(10-15)19-3/h13-14H,4-12,16H2,1-3H3. The fourth-order valence-corrected chi connectivity index (χ4v) is 3.98. The molecular weight excluding hydrogens is 238 g/mol. The summed E-state index contributed by atoms with van der Waals surface area (Å²) in [6, 6.07) is 0.651. The number of methoxy groups -OCH3 is 1. The number of likely N-dealkylation sites (tertiary alicyclic amines) is 1. The topological polar surface area (TPSA) is 41.7 Å². The Balaban J connectivity index is 2.06. The van der Waals surface area contributed by atoms with E-state index in [9.17, 15) is 0 Å². The molecule has 1 saturated heterocycles. The monoisotopic (exact) mass is 269 g/mol. The average Bonchev–Trinajstić information content (AvgIpc) is 2.46. The lowest BCUT2D eigenvalue weighted by Gasteiger charge is -2.51. The van der Waals surface area contributed by atoms with Gasteiger partial charge in [-0.1, -0.05) is 0 Å². The largest absolute Gasteiger partial charge is 0.381 e. The molecule has 2 N–H and O–H groups in total. The van der Waals surface area contributed by atoms with Gasteiger partial charge in [0.25, 0.3) is 0 Å². The van der Waals surface area contributed by atoms with E-state index in [-0.39, 0.29) is 5.54 Å². The predicted molar refractivity (Wildman–Crippen MR) is 79.3 cm³/mol. The van der Waals surface area contributed by atoms with Gasteiger partial charge < -0.3 is 15.4 Å². The molecule has 19 heavy (non-hydrogen) atoms. The minimum atomic E-state index is 0.155. The van der Waals surface area contributed by atoms with Crippen molar-refractivity contribution in [2.24, 2.45) is 5.73 Å². The lowest BCUT2D eigenvalue weighted by Crippen LogP contribution is -2.61. The molecule has 3 atom stereocenters. The second-order valence-corrected chi connectivity index (χ2v) is 6.55. The smallest absolute Gasteiger partial charge is 0.0589 e. The van der Waals surface area contributed by atoms with Crippen LogP contribution in [0.4, 0.5) is 0 Å². The quantitative estimate of drug-likeness (QED) is 0.835. The summed E-state index contributed by atoms with van der Waals surface area (Å²) in [7, 11) is 6.36. The molecule has 2 fully saturated rings. The molecule has 112 valence electrons. The maximum atomic E-state index is 6.19. The molecule has 0 radical (unpaired) electrons. The van der Waals surface area contributed by atoms with Crippen LogP contribution >= 0.6 is 0 Å². The Hall–Kier alpha value is -0.160. The fraction of sp³-hybridized carbons (Fsp3) is 1.00. The summed E-state index contributed by atoms with van der Waals surface area (Å²) >= 11 is 0. The van der Waals surface area contributed by atoms with Gasteiger partial charge in [0.05, 0.1) is 6.10 Å². The van der Waals surface area contributed by atoms with Crippen molar-refractivity contribution in [3.05, 3.63) is 0 Å². The van der Waals surface area contributed by atoms with E-state index in [4.69, 9.17) is 10.5 Å². The first-order chi connectivity index (χ1) is 9.11. The van der Waals surface area contributed by atoms with Crippen LogP contribution in [0, 0.1) is 0 Å². The molecule has 1 saturated carbocycles. The highest BCUT2D eigenvalue weighted by Crippen LogP contribution is 2.36. The molecular formula is C15H31N3O. The molecule has 2 aliphatic rings. The summed E-state index contributed by atoms with van der Waals surface area (Å²) in [4.78, 5) is 5.04. The summed E-state index contributed by atoms with van der Waals surface area (Å²) in [6.07, 6.45) is 7.75. The molecule has 1 aliphatic carbocycles. The van der Waals surface area contributed by atoms with Crippen LogP contribution in [0.2, 0.25) is 0 Å². The van der Waals surface area contributed by atoms with Crippen molar-refractivity contribution in [1.29, 1.82) is 0 Å². The van der Waals surface area contributed by atoms with Gasteiger partial charge in [-0.3, -0.25) is 4.90 Å². The third kappa shape index (κ3) is 3.30. The van der Waals surface area contributed by atoms with Crippen molar-refractivity contribution >= 4 is 0 Å². The highest BCUT2D eigenvalue weighted by Gasteiger charge is 2.41. The molecule has 3 unspecified atom stereocenters. The lowest BCUT2D eigenvalue weighted by atomic mass is 9.77. The van der Waals surface area contributed by atoms with Gasteiger partial charge in [0.2, 0.25) is 0 Å². The summed E-state index contributed by atoms with van der Waals surface area (Å²) in [5.74, 6) is 0. The normalized spacial score (nSPS) is 37.7. The average molecular weight is 269 g/mol. The van der Waals surface area contributed by atoms with E-state index in [1.807, 2.05) is 7.11 Å². The number of rotatable bonds is 4. The van der Waals surface area contributed by atoms with E-state index in [1.54, 1.807) is 0 Å². The number of hydrogen-bond acceptors (Lipinski definition) is 4. The Labute approximate surface area is 118 Å². The summed E-state index contributed by atoms with van der Waals surface area (Å²) in [6.45, 7) is 3.17. The van der Waals surface area contributed by atoms with Crippen LogP contribution in [0.15, 0.2) is 0 Å². The molecule has 0 aromatic heterocycles. The van der Waals surface area contributed by atoms with Crippen LogP contribution in [0.25, 0.3) is 0 Å². The van der Waals surface area contributed by atoms with E-state index in [0.29, 0.717) is 12.1 Å². The van der Waals surface area contributed by atoms with Gasteiger partial charge >= 0.3 is 0 Å². The van der Waals surface area contributed by atoms with Crippen LogP contribution in [-0.4, -0.2) is 68.3 Å². The van der Waals surface area contributed by atoms with Crippen molar-refractivity contribution in [2.75, 3.05) is 40.8 Å². The second kappa shape index (κ2) is 6.53. The van der Waals surface area contributed by atoms with Crippen LogP contribution in [0.5, 0.6) is 0 Å². The SMILES string of the molecule is COC1CCCC(CN)(N(C)C2CCCN(C)C2)C1. The summed E-state index contributed by atoms with van der Waals surface area (Å²) in [5.41, 5.74) is 6.34. The number of likely N-dealkylation sites (N-methyl/N-ethyl adjacent to an activating group) is 2. The molecule has 4 heteroatoms. The van der Waals surface area contributed by atoms with Crippen molar-refractivity contribution in [2.45, 2.75) is 56.2 Å². The number of nitrogens with zero attached hydrogens (tertiary/aromatic N) is 2. The van der Waals surface area contributed by atoms with E-state index < -0.39 is 0 Å². The summed E-state index contributed by atoms with van der Waals surface area (Å²) < 4.78 is 5.61. The first kappa shape index (κ1) is 15.2. The summed E-state index contributed by atoms with van der Waals surface area (Å²) in [5, 5.41) is 0. The molecule has 0 aromatic carbocycles. The number of piperidine rings is 1. The van der Waals surface area contributed by atoms with E-state index in [1.165, 1.54) is 45.2 Å². The van der Waals surface area contributed by atoms with E-state index >= 15 is 0 Å². The Kier molecular flexibility index (Phi) is 5.23. The van der Waals surface area contributed by atoms with Crippen molar-refractivity contribution in [1.82, 2.24) is 9.80 Å². The molecule has 1 aliphatic heterocycles. The molecule has 1 heterocycles. The van der Waals surface area contributed by atoms with Crippen molar-refractivity contribution < 1.29 is 4.74 Å². The van der Waals surface area contributed by atoms with Gasteiger partial charge in [0, 0.05) is 31.8 Å². The third-order valence-corrected chi connectivity index (χ3v) is 5.38. The van der Waals surface area contributed by atoms with Gasteiger partial charge in [-0.2, -0.15) is 0 Å². The number of nitrogens with two attached hydrogens (primary N) is 1. The van der Waals surface area contributed by atoms with Gasteiger partial charge in [-0.15, -0.1) is 0 Å². The van der Waals surface area contributed by atoms with E-state index in [0.717, 1.165) is 13.0 Å². The minimum Gasteiger partial charge on any atom is -0.381 e. The molecule has 4 nitrogen and oxygen atoms in total. The zero-order valence-electron chi connectivity index (χ0n) is 12.9. The number of hydrogen-bond donors (Lipinski definition) is 1. The van der Waals surface area contributed by atoms with Crippen LogP contribution in [0.3, 0.4) is 0 Å². The second-order valence-electron chi connectivity index (χ2n) is 6.55. The van der Waals surface area contributed by atoms with Crippen molar-refractivity contribution in [3.8, 4) is 0 Å². The van der Waals surface area contributed by atoms with Crippen LogP contribution < -0.4 is 5.73 Å². The molecule has 0 bridgehead atoms. The third-order valence-electron chi connectivity index (χ3n) is 5.38. The predicted octanol–water partition coefficient (Wildman–Crippen LogP) is 1.30. The lowest BCUT2D eigenvalue weighted by molar-refractivity contribution is -0.0388. The highest BCUT2D eigenvalue weighted by atomic mass is 16.5. The zero-order chi connectivity index (χ0) is 13.9. The van der Waals surface area contributed by atoms with E-state index in [2.05, 4.69) is 23.9 Å². The zero-order valence-corrected chi connectivity index (χ0v) is 12.9. The Morgan fingerprint density at radius 1 is 1.37 bits per heavy atom. The molecule has 0 aromatic rings. The van der Waals surface area contributed by atoms with Crippen LogP contribution in [0.1, 0.15) is 38.5 Å². The molecule has 0 amide bonds. The first-order valence-electron chi connectivity index (χ1n) is 7.75. The van der Waals surface area contributed by atoms with Gasteiger partial charge in [0.15, 0.2) is 0 Å². The fourth-order valence-electron chi connectivity index (χ4n) is 3.98. The highest BCUT2D eigenvalue weighted by molar-refractivity contribution is 4.99. The Bertz CT molecular complexity index is 287. The van der Waals surface area contributed by atoms with Gasteiger partial charge in [-0.25, -0.2) is 0 Å². The minimum absolute atomic E-state index is 0.155. The Morgan fingerprint density at radius 2 is 2.16 bits per heavy atom. The van der Waals surface area contributed by atoms with Gasteiger partial charge in [0.1, 0.15) is 0 Å². The Morgan fingerprint density at radius 3 is 2.79 bits per heavy atom. The first-order valence-corrected chi connectivity index (χ1v) is 7.75. The maximum absolute atomic E-state index is 6.19. The van der Waals surface area contributed by atoms with Gasteiger partial charge in [-0.05, 0) is 59.2 Å². The number of ether oxygens (including phenoxy) is 1. The van der Waals surface area contributed by atoms with Crippen LogP contribution in [-0.2, 0) is 4.74 Å².